The fraction of sp³-hybridized carbons (Fsp3) is 0.188. The van der Waals surface area contributed by atoms with Gasteiger partial charge < -0.3 is 8.92 Å². The normalized spacial score (nSPS) is 11.7. The molecular weight excluding hydrogens is 378 g/mol. The van der Waals surface area contributed by atoms with Crippen molar-refractivity contribution in [1.29, 1.82) is 5.26 Å². The Hall–Kier alpha value is -2.80. The molecule has 0 fully saturated rings. The Kier molecular flexibility index (Phi) is 5.41. The molecule has 0 heterocycles. The first-order chi connectivity index (χ1) is 12.1. The zero-order valence-corrected chi connectivity index (χ0v) is 14.0. The molecule has 0 unspecified atom stereocenters. The van der Waals surface area contributed by atoms with Crippen LogP contribution in [0.15, 0.2) is 41.3 Å². The second-order valence-corrected chi connectivity index (χ2v) is 6.43. The van der Waals surface area contributed by atoms with Crippen LogP contribution >= 0.6 is 0 Å². The van der Waals surface area contributed by atoms with Gasteiger partial charge in [0.2, 0.25) is 0 Å². The van der Waals surface area contributed by atoms with E-state index in [2.05, 4.69) is 0 Å². The summed E-state index contributed by atoms with van der Waals surface area (Å²) >= 11 is 0. The number of hydrogen-bond donors (Lipinski definition) is 0. The van der Waals surface area contributed by atoms with Crippen LogP contribution in [0.25, 0.3) is 0 Å². The Bertz CT molecular complexity index is 965. The third kappa shape index (κ3) is 4.23. The van der Waals surface area contributed by atoms with Crippen LogP contribution in [-0.4, -0.2) is 15.0 Å². The highest BCUT2D eigenvalue weighted by atomic mass is 32.2. The second kappa shape index (κ2) is 7.21. The molecule has 0 radical (unpaired) electrons. The van der Waals surface area contributed by atoms with Gasteiger partial charge in [0.15, 0.2) is 11.5 Å². The molecule has 5 nitrogen and oxygen atoms in total. The van der Waals surface area contributed by atoms with E-state index >= 15 is 0 Å². The van der Waals surface area contributed by atoms with E-state index in [-0.39, 0.29) is 29.7 Å². The molecular formula is C16H11F4NO4S. The van der Waals surface area contributed by atoms with Crippen LogP contribution in [0.3, 0.4) is 0 Å². The lowest BCUT2D eigenvalue weighted by atomic mass is 10.2. The first-order valence-corrected chi connectivity index (χ1v) is 8.47. The molecule has 0 aliphatic carbocycles. The van der Waals surface area contributed by atoms with Crippen LogP contribution in [0.2, 0.25) is 0 Å². The van der Waals surface area contributed by atoms with Crippen molar-refractivity contribution in [2.45, 2.75) is 18.0 Å². The van der Waals surface area contributed by atoms with Gasteiger partial charge in [0, 0.05) is 6.07 Å². The lowest BCUT2D eigenvalue weighted by Crippen LogP contribution is -2.14. The molecule has 0 aliphatic heterocycles. The Morgan fingerprint density at radius 2 is 1.81 bits per heavy atom. The van der Waals surface area contributed by atoms with Crippen molar-refractivity contribution in [3.8, 4) is 17.6 Å². The van der Waals surface area contributed by atoms with Crippen LogP contribution < -0.4 is 8.92 Å². The van der Waals surface area contributed by atoms with Crippen molar-refractivity contribution in [3.63, 3.8) is 0 Å². The van der Waals surface area contributed by atoms with E-state index in [1.165, 1.54) is 12.1 Å². The molecule has 0 bridgehead atoms. The lowest BCUT2D eigenvalue weighted by molar-refractivity contribution is -0.140. The average Bonchev–Trinajstić information content (AvgIpc) is 2.55. The minimum absolute atomic E-state index is 0.0757. The van der Waals surface area contributed by atoms with Crippen molar-refractivity contribution in [2.24, 2.45) is 0 Å². The first kappa shape index (κ1) is 19.5. The largest absolute Gasteiger partial charge is 0.490 e. The molecule has 0 saturated carbocycles. The van der Waals surface area contributed by atoms with Crippen LogP contribution in [0, 0.1) is 17.1 Å². The van der Waals surface area contributed by atoms with Gasteiger partial charge in [-0.2, -0.15) is 26.9 Å². The minimum Gasteiger partial charge on any atom is -0.490 e. The number of benzene rings is 2. The summed E-state index contributed by atoms with van der Waals surface area (Å²) in [4.78, 5) is -0.877. The Labute approximate surface area is 146 Å². The monoisotopic (exact) mass is 389 g/mol. The van der Waals surface area contributed by atoms with Gasteiger partial charge in [-0.15, -0.1) is 0 Å². The van der Waals surface area contributed by atoms with E-state index < -0.39 is 32.6 Å². The fourth-order valence-corrected chi connectivity index (χ4v) is 2.93. The predicted molar refractivity (Wildman–Crippen MR) is 81.5 cm³/mol. The van der Waals surface area contributed by atoms with E-state index in [9.17, 15) is 26.0 Å². The molecule has 10 heteroatoms. The predicted octanol–water partition coefficient (Wildman–Crippen LogP) is 3.88. The summed E-state index contributed by atoms with van der Waals surface area (Å²) in [6.45, 7) is 1.73. The van der Waals surface area contributed by atoms with Crippen LogP contribution in [0.4, 0.5) is 17.6 Å². The molecule has 0 saturated heterocycles. The average molecular weight is 389 g/mol. The molecule has 2 aromatic rings. The van der Waals surface area contributed by atoms with Gasteiger partial charge in [-0.05, 0) is 37.3 Å². The summed E-state index contributed by atoms with van der Waals surface area (Å²) in [5, 5.41) is 8.86. The molecule has 0 atom stereocenters. The molecule has 2 aromatic carbocycles. The van der Waals surface area contributed by atoms with Crippen LogP contribution in [0.1, 0.15) is 18.1 Å². The van der Waals surface area contributed by atoms with E-state index in [1.54, 1.807) is 6.92 Å². The smallest absolute Gasteiger partial charge is 0.419 e. The van der Waals surface area contributed by atoms with Crippen molar-refractivity contribution in [3.05, 3.63) is 53.3 Å². The van der Waals surface area contributed by atoms with E-state index in [0.29, 0.717) is 12.1 Å². The third-order valence-corrected chi connectivity index (χ3v) is 4.33. The zero-order valence-electron chi connectivity index (χ0n) is 13.2. The number of nitrogens with zero attached hydrogens (tertiary/aromatic N) is 1. The first-order valence-electron chi connectivity index (χ1n) is 7.06. The summed E-state index contributed by atoms with van der Waals surface area (Å²) in [5.41, 5.74) is -1.56. The summed E-state index contributed by atoms with van der Waals surface area (Å²) in [6, 6.07) is 6.63. The Balaban J connectivity index is 2.46. The van der Waals surface area contributed by atoms with Crippen molar-refractivity contribution >= 4 is 10.1 Å². The summed E-state index contributed by atoms with van der Waals surface area (Å²) in [5.74, 6) is -2.00. The standard InChI is InChI=1S/C16H11F4NO4S/c1-2-24-15-7-10(9-21)3-6-14(15)25-26(22,23)11-4-5-13(17)12(8-11)16(18,19)20/h3-8H,2H2,1H3. The number of rotatable bonds is 5. The van der Waals surface area contributed by atoms with Gasteiger partial charge in [0.1, 0.15) is 10.7 Å². The number of halogens is 4. The summed E-state index contributed by atoms with van der Waals surface area (Å²) < 4.78 is 86.2. The minimum atomic E-state index is -5.07. The topological polar surface area (TPSA) is 76.4 Å². The zero-order chi connectivity index (χ0) is 19.5. The molecule has 138 valence electrons. The molecule has 0 spiro atoms. The highest BCUT2D eigenvalue weighted by Crippen LogP contribution is 2.35. The van der Waals surface area contributed by atoms with Gasteiger partial charge in [0.25, 0.3) is 0 Å². The van der Waals surface area contributed by atoms with E-state index in [4.69, 9.17) is 14.2 Å². The lowest BCUT2D eigenvalue weighted by Gasteiger charge is -2.13. The van der Waals surface area contributed by atoms with Gasteiger partial charge in [0.05, 0.1) is 23.8 Å². The Morgan fingerprint density at radius 3 is 2.38 bits per heavy atom. The number of hydrogen-bond acceptors (Lipinski definition) is 5. The number of alkyl halides is 3. The van der Waals surface area contributed by atoms with Crippen LogP contribution in [0.5, 0.6) is 11.5 Å². The number of ether oxygens (including phenoxy) is 1. The quantitative estimate of drug-likeness (QED) is 0.573. The van der Waals surface area contributed by atoms with Gasteiger partial charge in [-0.3, -0.25) is 0 Å². The maximum Gasteiger partial charge on any atom is 0.419 e. The second-order valence-electron chi connectivity index (χ2n) is 4.88. The van der Waals surface area contributed by atoms with Crippen molar-refractivity contribution < 1.29 is 34.9 Å². The summed E-state index contributed by atoms with van der Waals surface area (Å²) in [7, 11) is -4.70. The highest BCUT2D eigenvalue weighted by Gasteiger charge is 2.35. The molecule has 0 amide bonds. The fourth-order valence-electron chi connectivity index (χ4n) is 1.96. The Morgan fingerprint density at radius 1 is 1.12 bits per heavy atom. The van der Waals surface area contributed by atoms with E-state index in [1.807, 2.05) is 6.07 Å². The molecule has 0 N–H and O–H groups in total. The SMILES string of the molecule is CCOc1cc(C#N)ccc1OS(=O)(=O)c1ccc(F)c(C(F)(F)F)c1. The maximum atomic E-state index is 13.3. The van der Waals surface area contributed by atoms with Crippen molar-refractivity contribution in [2.75, 3.05) is 6.61 Å². The van der Waals surface area contributed by atoms with Gasteiger partial charge in [-0.1, -0.05) is 0 Å². The summed E-state index contributed by atoms with van der Waals surface area (Å²) in [6.07, 6.45) is -5.07. The number of nitriles is 1. The van der Waals surface area contributed by atoms with Crippen molar-refractivity contribution in [1.82, 2.24) is 0 Å². The molecule has 26 heavy (non-hydrogen) atoms. The van der Waals surface area contributed by atoms with Gasteiger partial charge in [-0.25, -0.2) is 4.39 Å². The van der Waals surface area contributed by atoms with Gasteiger partial charge >= 0.3 is 16.3 Å². The van der Waals surface area contributed by atoms with Crippen LogP contribution in [-0.2, 0) is 16.3 Å². The molecule has 0 aliphatic rings. The third-order valence-electron chi connectivity index (χ3n) is 3.10. The van der Waals surface area contributed by atoms with E-state index in [0.717, 1.165) is 6.07 Å². The maximum absolute atomic E-state index is 13.3. The molecule has 2 rings (SSSR count). The molecule has 0 aromatic heterocycles. The highest BCUT2D eigenvalue weighted by molar-refractivity contribution is 7.87.